The summed E-state index contributed by atoms with van der Waals surface area (Å²) in [6.45, 7) is 3.91. The highest BCUT2D eigenvalue weighted by molar-refractivity contribution is 5.16. The molecule has 0 spiro atoms. The predicted molar refractivity (Wildman–Crippen MR) is 61.7 cm³/mol. The lowest BCUT2D eigenvalue weighted by molar-refractivity contribution is 0.131. The second kappa shape index (κ2) is 5.06. The lowest BCUT2D eigenvalue weighted by atomic mass is 10.1. The van der Waals surface area contributed by atoms with Gasteiger partial charge >= 0.3 is 0 Å². The third-order valence-corrected chi connectivity index (χ3v) is 2.99. The molecule has 1 aliphatic heterocycles. The summed E-state index contributed by atoms with van der Waals surface area (Å²) in [5, 5.41) is 9.25. The van der Waals surface area contributed by atoms with Crippen LogP contribution in [-0.2, 0) is 0 Å². The Hall–Kier alpha value is -1.44. The maximum Gasteiger partial charge on any atom is 0.141 e. The molecule has 16 heavy (non-hydrogen) atoms. The van der Waals surface area contributed by atoms with Gasteiger partial charge in [0, 0.05) is 32.4 Å². The summed E-state index contributed by atoms with van der Waals surface area (Å²) in [4.78, 5) is 8.74. The third-order valence-electron chi connectivity index (χ3n) is 2.99. The van der Waals surface area contributed by atoms with E-state index in [0.717, 1.165) is 31.9 Å². The van der Waals surface area contributed by atoms with Gasteiger partial charge in [0.2, 0.25) is 0 Å². The molecular formula is C12H16N4. The number of hydrogen-bond acceptors (Lipinski definition) is 4. The van der Waals surface area contributed by atoms with Gasteiger partial charge in [-0.15, -0.1) is 0 Å². The van der Waals surface area contributed by atoms with Gasteiger partial charge in [-0.1, -0.05) is 6.07 Å². The monoisotopic (exact) mass is 216 g/mol. The molecule has 0 aromatic carbocycles. The van der Waals surface area contributed by atoms with Crippen molar-refractivity contribution in [3.8, 4) is 6.07 Å². The molecule has 1 unspecified atom stereocenters. The Morgan fingerprint density at radius 3 is 2.62 bits per heavy atom. The third kappa shape index (κ3) is 2.38. The van der Waals surface area contributed by atoms with Crippen LogP contribution in [-0.4, -0.2) is 48.0 Å². The predicted octanol–water partition coefficient (Wildman–Crippen LogP) is 0.894. The molecule has 1 saturated heterocycles. The summed E-state index contributed by atoms with van der Waals surface area (Å²) in [6.07, 6.45) is 1.75. The lowest BCUT2D eigenvalue weighted by Crippen LogP contribution is -2.45. The molecule has 4 heteroatoms. The van der Waals surface area contributed by atoms with Gasteiger partial charge in [0.15, 0.2) is 0 Å². The molecule has 0 N–H and O–H groups in total. The number of pyridine rings is 1. The number of piperazine rings is 1. The van der Waals surface area contributed by atoms with Crippen molar-refractivity contribution >= 4 is 0 Å². The van der Waals surface area contributed by atoms with E-state index in [4.69, 9.17) is 0 Å². The molecule has 84 valence electrons. The van der Waals surface area contributed by atoms with E-state index in [-0.39, 0.29) is 6.04 Å². The fourth-order valence-corrected chi connectivity index (χ4v) is 1.95. The van der Waals surface area contributed by atoms with Crippen molar-refractivity contribution < 1.29 is 0 Å². The summed E-state index contributed by atoms with van der Waals surface area (Å²) in [5.41, 5.74) is 0.856. The van der Waals surface area contributed by atoms with Gasteiger partial charge in [0.1, 0.15) is 6.04 Å². The van der Waals surface area contributed by atoms with Crippen LogP contribution in [0.2, 0.25) is 0 Å². The van der Waals surface area contributed by atoms with Crippen LogP contribution in [0.3, 0.4) is 0 Å². The van der Waals surface area contributed by atoms with Crippen LogP contribution >= 0.6 is 0 Å². The molecule has 1 fully saturated rings. The first-order valence-corrected chi connectivity index (χ1v) is 5.54. The number of nitrogens with zero attached hydrogens (tertiary/aromatic N) is 4. The number of aromatic nitrogens is 1. The van der Waals surface area contributed by atoms with Crippen LogP contribution in [0.5, 0.6) is 0 Å². The molecule has 4 nitrogen and oxygen atoms in total. The fourth-order valence-electron chi connectivity index (χ4n) is 1.95. The minimum atomic E-state index is -0.199. The minimum Gasteiger partial charge on any atom is -0.304 e. The van der Waals surface area contributed by atoms with E-state index in [1.54, 1.807) is 6.20 Å². The Kier molecular flexibility index (Phi) is 3.50. The van der Waals surface area contributed by atoms with E-state index in [0.29, 0.717) is 0 Å². The summed E-state index contributed by atoms with van der Waals surface area (Å²) >= 11 is 0. The van der Waals surface area contributed by atoms with Crippen LogP contribution in [0.1, 0.15) is 11.7 Å². The van der Waals surface area contributed by atoms with Gasteiger partial charge in [-0.25, -0.2) is 0 Å². The highest BCUT2D eigenvalue weighted by atomic mass is 15.3. The first-order chi connectivity index (χ1) is 7.81. The second-order valence-electron chi connectivity index (χ2n) is 4.13. The zero-order chi connectivity index (χ0) is 11.4. The average molecular weight is 216 g/mol. The Bertz CT molecular complexity index is 362. The van der Waals surface area contributed by atoms with Crippen LogP contribution in [0.25, 0.3) is 0 Å². The zero-order valence-corrected chi connectivity index (χ0v) is 9.50. The standard InChI is InChI=1S/C12H16N4/c1-15-6-8-16(9-7-15)12(10-13)11-4-2-3-5-14-11/h2-5,12H,6-9H2,1H3. The van der Waals surface area contributed by atoms with Gasteiger partial charge in [-0.2, -0.15) is 5.26 Å². The van der Waals surface area contributed by atoms with Gasteiger partial charge in [0.25, 0.3) is 0 Å². The van der Waals surface area contributed by atoms with Crippen LogP contribution in [0, 0.1) is 11.3 Å². The van der Waals surface area contributed by atoms with Crippen molar-refractivity contribution in [2.45, 2.75) is 6.04 Å². The average Bonchev–Trinajstić information content (AvgIpc) is 2.34. The largest absolute Gasteiger partial charge is 0.304 e. The second-order valence-corrected chi connectivity index (χ2v) is 4.13. The highest BCUT2D eigenvalue weighted by Gasteiger charge is 2.24. The Labute approximate surface area is 96.1 Å². The highest BCUT2D eigenvalue weighted by Crippen LogP contribution is 2.18. The summed E-state index contributed by atoms with van der Waals surface area (Å²) in [7, 11) is 2.11. The number of hydrogen-bond donors (Lipinski definition) is 0. The molecule has 0 aliphatic carbocycles. The maximum absolute atomic E-state index is 9.25. The van der Waals surface area contributed by atoms with E-state index < -0.39 is 0 Å². The molecule has 0 radical (unpaired) electrons. The van der Waals surface area contributed by atoms with Crippen molar-refractivity contribution in [1.29, 1.82) is 5.26 Å². The molecule has 2 rings (SSSR count). The van der Waals surface area contributed by atoms with E-state index >= 15 is 0 Å². The van der Waals surface area contributed by atoms with Crippen LogP contribution in [0.15, 0.2) is 24.4 Å². The van der Waals surface area contributed by atoms with E-state index in [1.807, 2.05) is 18.2 Å². The maximum atomic E-state index is 9.25. The van der Waals surface area contributed by atoms with E-state index in [9.17, 15) is 5.26 Å². The Morgan fingerprint density at radius 2 is 2.06 bits per heavy atom. The van der Waals surface area contributed by atoms with Crippen molar-refractivity contribution in [2.75, 3.05) is 33.2 Å². The van der Waals surface area contributed by atoms with Gasteiger partial charge < -0.3 is 4.90 Å². The van der Waals surface area contributed by atoms with Crippen molar-refractivity contribution in [1.82, 2.24) is 14.8 Å². The van der Waals surface area contributed by atoms with Crippen molar-refractivity contribution in [2.24, 2.45) is 0 Å². The van der Waals surface area contributed by atoms with Gasteiger partial charge in [-0.05, 0) is 19.2 Å². The minimum absolute atomic E-state index is 0.199. The summed E-state index contributed by atoms with van der Waals surface area (Å²) in [6, 6.07) is 7.88. The SMILES string of the molecule is CN1CCN(C(C#N)c2ccccn2)CC1. The topological polar surface area (TPSA) is 43.2 Å². The van der Waals surface area contributed by atoms with E-state index in [2.05, 4.69) is 27.9 Å². The number of likely N-dealkylation sites (N-methyl/N-ethyl adjacent to an activating group) is 1. The molecule has 2 heterocycles. The Morgan fingerprint density at radius 1 is 1.31 bits per heavy atom. The zero-order valence-electron chi connectivity index (χ0n) is 9.50. The molecule has 1 aromatic rings. The quantitative estimate of drug-likeness (QED) is 0.736. The number of nitriles is 1. The number of rotatable bonds is 2. The molecule has 0 bridgehead atoms. The molecular weight excluding hydrogens is 200 g/mol. The lowest BCUT2D eigenvalue weighted by Gasteiger charge is -2.34. The summed E-state index contributed by atoms with van der Waals surface area (Å²) < 4.78 is 0. The molecule has 1 atom stereocenters. The smallest absolute Gasteiger partial charge is 0.141 e. The molecule has 1 aliphatic rings. The first-order valence-electron chi connectivity index (χ1n) is 5.54. The first kappa shape index (κ1) is 11.1. The molecule has 0 saturated carbocycles. The van der Waals surface area contributed by atoms with Crippen LogP contribution < -0.4 is 0 Å². The molecule has 0 amide bonds. The molecule has 1 aromatic heterocycles. The van der Waals surface area contributed by atoms with Gasteiger partial charge in [-0.3, -0.25) is 9.88 Å². The van der Waals surface area contributed by atoms with Gasteiger partial charge in [0.05, 0.1) is 11.8 Å². The van der Waals surface area contributed by atoms with Crippen molar-refractivity contribution in [3.05, 3.63) is 30.1 Å². The fraction of sp³-hybridized carbons (Fsp3) is 0.500. The van der Waals surface area contributed by atoms with Crippen LogP contribution in [0.4, 0.5) is 0 Å². The van der Waals surface area contributed by atoms with Crippen molar-refractivity contribution in [3.63, 3.8) is 0 Å². The van der Waals surface area contributed by atoms with E-state index in [1.165, 1.54) is 0 Å². The normalized spacial score (nSPS) is 20.2. The Balaban J connectivity index is 2.09. The summed E-state index contributed by atoms with van der Waals surface area (Å²) in [5.74, 6) is 0.